The van der Waals surface area contributed by atoms with Gasteiger partial charge in [0.1, 0.15) is 16.7 Å². The van der Waals surface area contributed by atoms with E-state index in [1.165, 1.54) is 12.3 Å². The summed E-state index contributed by atoms with van der Waals surface area (Å²) in [5, 5.41) is 10.8. The molecule has 0 bridgehead atoms. The number of pyridine rings is 1. The van der Waals surface area contributed by atoms with Crippen molar-refractivity contribution in [3.63, 3.8) is 0 Å². The lowest BCUT2D eigenvalue weighted by Crippen LogP contribution is -2.50. The van der Waals surface area contributed by atoms with Crippen LogP contribution in [0.3, 0.4) is 0 Å². The van der Waals surface area contributed by atoms with Gasteiger partial charge in [0.25, 0.3) is 5.92 Å². The van der Waals surface area contributed by atoms with E-state index in [2.05, 4.69) is 20.3 Å². The van der Waals surface area contributed by atoms with Gasteiger partial charge in [0.2, 0.25) is 10.0 Å². The van der Waals surface area contributed by atoms with Crippen molar-refractivity contribution in [1.82, 2.24) is 14.3 Å². The van der Waals surface area contributed by atoms with Crippen LogP contribution in [0.1, 0.15) is 50.1 Å². The second kappa shape index (κ2) is 8.32. The van der Waals surface area contributed by atoms with Crippen LogP contribution in [0, 0.1) is 11.3 Å². The summed E-state index contributed by atoms with van der Waals surface area (Å²) < 4.78 is 61.3. The number of aromatic nitrogens is 2. The van der Waals surface area contributed by atoms with Gasteiger partial charge in [-0.2, -0.15) is 5.26 Å². The number of ether oxygens (including phenoxy) is 1. The molecule has 2 saturated carbocycles. The van der Waals surface area contributed by atoms with Crippen LogP contribution in [-0.2, 0) is 10.0 Å². The number of benzene rings is 1. The van der Waals surface area contributed by atoms with Crippen molar-refractivity contribution in [3.8, 4) is 23.2 Å². The maximum Gasteiger partial charge on any atom is 0.251 e. The lowest BCUT2D eigenvalue weighted by Gasteiger charge is -2.34. The normalized spacial score (nSPS) is 18.6. The van der Waals surface area contributed by atoms with Crippen LogP contribution in [0.15, 0.2) is 41.4 Å². The summed E-state index contributed by atoms with van der Waals surface area (Å²) in [6, 6.07) is 10.3. The molecule has 0 amide bonds. The molecule has 3 aromatic rings. The summed E-state index contributed by atoms with van der Waals surface area (Å²) >= 11 is 0. The number of fused-ring (bicyclic) bond motifs is 1. The second-order valence-electron chi connectivity index (χ2n) is 8.99. The summed E-state index contributed by atoms with van der Waals surface area (Å²) in [7, 11) is -2.39. The molecule has 0 spiro atoms. The van der Waals surface area contributed by atoms with E-state index in [0.717, 1.165) is 36.6 Å². The highest BCUT2D eigenvalue weighted by atomic mass is 32.2. The van der Waals surface area contributed by atoms with E-state index >= 15 is 0 Å². The Morgan fingerprint density at radius 3 is 2.53 bits per heavy atom. The van der Waals surface area contributed by atoms with Crippen LogP contribution >= 0.6 is 0 Å². The van der Waals surface area contributed by atoms with Gasteiger partial charge in [0.15, 0.2) is 0 Å². The Hall–Kier alpha value is -3.03. The monoisotopic (exact) mass is 486 g/mol. The largest absolute Gasteiger partial charge is 0.497 e. The van der Waals surface area contributed by atoms with E-state index in [4.69, 9.17) is 4.74 Å². The number of rotatable bonds is 6. The fourth-order valence-electron chi connectivity index (χ4n) is 5.04. The molecule has 34 heavy (non-hydrogen) atoms. The molecule has 1 N–H and O–H groups in total. The molecule has 2 aliphatic rings. The third-order valence-corrected chi connectivity index (χ3v) is 8.22. The summed E-state index contributed by atoms with van der Waals surface area (Å²) in [6.45, 7) is 0. The van der Waals surface area contributed by atoms with E-state index < -0.39 is 34.8 Å². The molecular formula is C24H24F2N4O3S. The first-order chi connectivity index (χ1) is 16.2. The zero-order valence-electron chi connectivity index (χ0n) is 18.6. The van der Waals surface area contributed by atoms with E-state index in [-0.39, 0.29) is 10.9 Å². The molecule has 2 aromatic heterocycles. The molecule has 178 valence electrons. The molecule has 5 rings (SSSR count). The van der Waals surface area contributed by atoms with Crippen molar-refractivity contribution < 1.29 is 21.9 Å². The highest BCUT2D eigenvalue weighted by molar-refractivity contribution is 7.89. The van der Waals surface area contributed by atoms with Crippen molar-refractivity contribution in [2.24, 2.45) is 0 Å². The maximum absolute atomic E-state index is 13.1. The molecule has 0 aliphatic heterocycles. The average Bonchev–Trinajstić information content (AvgIpc) is 3.42. The van der Waals surface area contributed by atoms with Crippen LogP contribution in [0.25, 0.3) is 22.3 Å². The van der Waals surface area contributed by atoms with Crippen LogP contribution in [-0.4, -0.2) is 37.0 Å². The first-order valence-corrected chi connectivity index (χ1v) is 12.7. The zero-order chi connectivity index (χ0) is 24.1. The highest BCUT2D eigenvalue weighted by Gasteiger charge is 2.46. The van der Waals surface area contributed by atoms with Crippen molar-refractivity contribution in [2.75, 3.05) is 7.11 Å². The number of hydrogen-bond donors (Lipinski definition) is 1. The van der Waals surface area contributed by atoms with E-state index in [0.29, 0.717) is 22.7 Å². The van der Waals surface area contributed by atoms with Gasteiger partial charge in [0, 0.05) is 42.6 Å². The zero-order valence-corrected chi connectivity index (χ0v) is 19.4. The maximum atomic E-state index is 13.1. The van der Waals surface area contributed by atoms with Crippen molar-refractivity contribution >= 4 is 20.9 Å². The molecular weight excluding hydrogens is 462 g/mol. The van der Waals surface area contributed by atoms with Crippen LogP contribution in [0.5, 0.6) is 5.75 Å². The molecule has 7 nitrogen and oxygen atoms in total. The van der Waals surface area contributed by atoms with Crippen LogP contribution in [0.4, 0.5) is 8.78 Å². The van der Waals surface area contributed by atoms with Gasteiger partial charge in [-0.3, -0.25) is 4.98 Å². The van der Waals surface area contributed by atoms with E-state index in [1.54, 1.807) is 13.2 Å². The van der Waals surface area contributed by atoms with Gasteiger partial charge >= 0.3 is 0 Å². The van der Waals surface area contributed by atoms with Gasteiger partial charge in [-0.05, 0) is 37.1 Å². The lowest BCUT2D eigenvalue weighted by molar-refractivity contribution is -0.0876. The Morgan fingerprint density at radius 2 is 1.94 bits per heavy atom. The smallest absolute Gasteiger partial charge is 0.251 e. The number of hydrogen-bond acceptors (Lipinski definition) is 5. The van der Waals surface area contributed by atoms with Crippen LogP contribution < -0.4 is 9.46 Å². The Balaban J connectivity index is 1.56. The third kappa shape index (κ3) is 3.93. The topological polar surface area (TPSA) is 97.0 Å². The first kappa shape index (κ1) is 22.7. The summed E-state index contributed by atoms with van der Waals surface area (Å²) in [6.07, 6.45) is 4.33. The molecule has 0 saturated heterocycles. The number of nitrogens with zero attached hydrogens (tertiary/aromatic N) is 3. The quantitative estimate of drug-likeness (QED) is 0.541. The molecule has 2 fully saturated rings. The fourth-order valence-corrected chi connectivity index (χ4v) is 6.22. The highest BCUT2D eigenvalue weighted by Crippen LogP contribution is 2.42. The number of sulfonamides is 1. The summed E-state index contributed by atoms with van der Waals surface area (Å²) in [4.78, 5) is 4.30. The van der Waals surface area contributed by atoms with Crippen molar-refractivity contribution in [2.45, 2.75) is 61.4 Å². The minimum absolute atomic E-state index is 0.102. The number of alkyl halides is 2. The van der Waals surface area contributed by atoms with Gasteiger partial charge in [-0.15, -0.1) is 0 Å². The predicted octanol–water partition coefficient (Wildman–Crippen LogP) is 4.77. The van der Waals surface area contributed by atoms with Gasteiger partial charge in [0.05, 0.1) is 29.6 Å². The predicted molar refractivity (Wildman–Crippen MR) is 122 cm³/mol. The number of halogens is 2. The van der Waals surface area contributed by atoms with Crippen LogP contribution in [0.2, 0.25) is 0 Å². The Morgan fingerprint density at radius 1 is 1.21 bits per heavy atom. The molecule has 2 heterocycles. The second-order valence-corrected chi connectivity index (χ2v) is 10.7. The molecule has 1 aromatic carbocycles. The first-order valence-electron chi connectivity index (χ1n) is 11.2. The summed E-state index contributed by atoms with van der Waals surface area (Å²) in [5.41, 5.74) is 2.48. The third-order valence-electron chi connectivity index (χ3n) is 6.71. The molecule has 10 heteroatoms. The lowest BCUT2D eigenvalue weighted by atomic mass is 9.89. The average molecular weight is 487 g/mol. The number of methoxy groups -OCH3 is 1. The Labute approximate surface area is 196 Å². The minimum Gasteiger partial charge on any atom is -0.497 e. The Kier molecular flexibility index (Phi) is 5.57. The minimum atomic E-state index is -3.98. The van der Waals surface area contributed by atoms with Crippen molar-refractivity contribution in [1.29, 1.82) is 5.26 Å². The van der Waals surface area contributed by atoms with E-state index in [1.807, 2.05) is 18.2 Å². The molecule has 0 unspecified atom stereocenters. The SMILES string of the molecule is COc1ccc2c(C#N)c(-c3ccc(S(=O)(=O)NC4CC(F)(F)C4)cn3)n(C3CCCC3)c2c1. The van der Waals surface area contributed by atoms with Gasteiger partial charge in [-0.25, -0.2) is 21.9 Å². The van der Waals surface area contributed by atoms with E-state index in [9.17, 15) is 22.5 Å². The number of nitriles is 1. The fraction of sp³-hybridized carbons (Fsp3) is 0.417. The van der Waals surface area contributed by atoms with Gasteiger partial charge in [-0.1, -0.05) is 12.8 Å². The van der Waals surface area contributed by atoms with Gasteiger partial charge < -0.3 is 9.30 Å². The Bertz CT molecular complexity index is 1380. The molecule has 2 aliphatic carbocycles. The van der Waals surface area contributed by atoms with Crippen molar-refractivity contribution in [3.05, 3.63) is 42.1 Å². The standard InChI is InChI=1S/C24H24F2N4O3S/c1-33-17-6-8-19-20(13-27)23(30(22(19)10-17)16-4-2-3-5-16)21-9-7-18(14-28-21)34(31,32)29-15-11-24(25,26)12-15/h6-10,14-16,29H,2-5,11-12H2,1H3. The summed E-state index contributed by atoms with van der Waals surface area (Å²) in [5.74, 6) is -2.14. The molecule has 0 atom stereocenters. The number of nitrogens with one attached hydrogen (secondary N) is 1. The molecule has 0 radical (unpaired) electrons.